The molecule has 0 radical (unpaired) electrons. The Hall–Kier alpha value is -1.97. The first kappa shape index (κ1) is 11.5. The van der Waals surface area contributed by atoms with Crippen LogP contribution in [0.25, 0.3) is 0 Å². The lowest BCUT2D eigenvalue weighted by molar-refractivity contribution is -0.124. The zero-order valence-electron chi connectivity index (χ0n) is 9.88. The van der Waals surface area contributed by atoms with Gasteiger partial charge in [-0.3, -0.25) is 9.59 Å². The van der Waals surface area contributed by atoms with Gasteiger partial charge < -0.3 is 0 Å². The summed E-state index contributed by atoms with van der Waals surface area (Å²) in [5.41, 5.74) is 1.44. The number of ketones is 1. The van der Waals surface area contributed by atoms with Crippen LogP contribution in [0.15, 0.2) is 35.4 Å². The minimum Gasteiger partial charge on any atom is -0.300 e. The summed E-state index contributed by atoms with van der Waals surface area (Å²) in [4.78, 5) is 23.2. The minimum absolute atomic E-state index is 0.00723. The lowest BCUT2D eigenvalue weighted by atomic mass is 9.98. The van der Waals surface area contributed by atoms with Crippen LogP contribution in [0.4, 0.5) is 5.69 Å². The molecule has 0 N–H and O–H groups in total. The largest absolute Gasteiger partial charge is 0.300 e. The minimum atomic E-state index is -0.396. The average molecular weight is 230 g/mol. The van der Waals surface area contributed by atoms with E-state index in [9.17, 15) is 9.59 Å². The molecule has 0 unspecified atom stereocenters. The van der Waals surface area contributed by atoms with Gasteiger partial charge in [0.15, 0.2) is 0 Å². The van der Waals surface area contributed by atoms with E-state index in [1.807, 2.05) is 30.3 Å². The van der Waals surface area contributed by atoms with Crippen molar-refractivity contribution in [1.29, 1.82) is 0 Å². The van der Waals surface area contributed by atoms with Crippen LogP contribution in [0.1, 0.15) is 20.3 Å². The summed E-state index contributed by atoms with van der Waals surface area (Å²) in [6.45, 7) is 3.28. The molecular weight excluding hydrogens is 216 g/mol. The Morgan fingerprint density at radius 1 is 1.35 bits per heavy atom. The van der Waals surface area contributed by atoms with E-state index in [-0.39, 0.29) is 18.1 Å². The van der Waals surface area contributed by atoms with E-state index >= 15 is 0 Å². The molecule has 0 spiro atoms. The van der Waals surface area contributed by atoms with Crippen molar-refractivity contribution in [3.63, 3.8) is 0 Å². The number of para-hydroxylation sites is 1. The lowest BCUT2D eigenvalue weighted by Gasteiger charge is -2.13. The van der Waals surface area contributed by atoms with E-state index in [4.69, 9.17) is 0 Å². The molecule has 0 saturated carbocycles. The van der Waals surface area contributed by atoms with Crippen LogP contribution in [-0.2, 0) is 9.59 Å². The normalized spacial score (nSPS) is 19.4. The second-order valence-electron chi connectivity index (χ2n) is 4.19. The van der Waals surface area contributed by atoms with E-state index in [0.717, 1.165) is 5.69 Å². The van der Waals surface area contributed by atoms with Gasteiger partial charge in [0.05, 0.1) is 11.6 Å². The number of hydrogen-bond acceptors (Lipinski definition) is 3. The number of nitrogens with zero attached hydrogens (tertiary/aromatic N) is 2. The van der Waals surface area contributed by atoms with Crippen molar-refractivity contribution < 1.29 is 9.59 Å². The first-order chi connectivity index (χ1) is 8.09. The summed E-state index contributed by atoms with van der Waals surface area (Å²) in [5, 5.41) is 5.60. The fraction of sp³-hybridized carbons (Fsp3) is 0.308. The van der Waals surface area contributed by atoms with Gasteiger partial charge in [-0.25, -0.2) is 5.01 Å². The molecule has 2 rings (SSSR count). The van der Waals surface area contributed by atoms with Gasteiger partial charge in [-0.2, -0.15) is 5.10 Å². The molecule has 4 heteroatoms. The molecule has 1 atom stereocenters. The number of benzene rings is 1. The number of hydrogen-bond donors (Lipinski definition) is 0. The molecule has 0 bridgehead atoms. The van der Waals surface area contributed by atoms with E-state index in [0.29, 0.717) is 5.71 Å². The third-order valence-electron chi connectivity index (χ3n) is 2.76. The van der Waals surface area contributed by atoms with Crippen molar-refractivity contribution in [2.45, 2.75) is 20.3 Å². The van der Waals surface area contributed by atoms with Crippen molar-refractivity contribution in [1.82, 2.24) is 0 Å². The second-order valence-corrected chi connectivity index (χ2v) is 4.19. The Labute approximate surface area is 99.9 Å². The van der Waals surface area contributed by atoms with Gasteiger partial charge in [-0.15, -0.1) is 0 Å². The highest BCUT2D eigenvalue weighted by molar-refractivity contribution is 6.16. The van der Waals surface area contributed by atoms with Gasteiger partial charge in [-0.1, -0.05) is 18.2 Å². The molecule has 88 valence electrons. The molecule has 17 heavy (non-hydrogen) atoms. The van der Waals surface area contributed by atoms with Crippen LogP contribution in [0.2, 0.25) is 0 Å². The Balaban J connectivity index is 2.24. The maximum atomic E-state index is 12.1. The topological polar surface area (TPSA) is 49.7 Å². The fourth-order valence-electron chi connectivity index (χ4n) is 1.88. The van der Waals surface area contributed by atoms with Gasteiger partial charge in [0.1, 0.15) is 5.78 Å². The Morgan fingerprint density at radius 2 is 2.00 bits per heavy atom. The molecule has 1 aromatic rings. The Morgan fingerprint density at radius 3 is 2.59 bits per heavy atom. The van der Waals surface area contributed by atoms with Crippen molar-refractivity contribution in [3.05, 3.63) is 30.3 Å². The zero-order chi connectivity index (χ0) is 12.4. The van der Waals surface area contributed by atoms with Crippen LogP contribution < -0.4 is 5.01 Å². The van der Waals surface area contributed by atoms with Crippen molar-refractivity contribution in [2.24, 2.45) is 11.0 Å². The average Bonchev–Trinajstić information content (AvgIpc) is 2.58. The fourth-order valence-corrected chi connectivity index (χ4v) is 1.88. The van der Waals surface area contributed by atoms with E-state index in [1.54, 1.807) is 6.92 Å². The lowest BCUT2D eigenvalue weighted by Crippen LogP contribution is -2.28. The van der Waals surface area contributed by atoms with E-state index in [2.05, 4.69) is 5.10 Å². The Bertz CT molecular complexity index is 479. The Kier molecular flexibility index (Phi) is 3.04. The van der Waals surface area contributed by atoms with Crippen molar-refractivity contribution in [2.75, 3.05) is 5.01 Å². The van der Waals surface area contributed by atoms with Crippen LogP contribution in [0.3, 0.4) is 0 Å². The first-order valence-corrected chi connectivity index (χ1v) is 5.53. The van der Waals surface area contributed by atoms with Crippen LogP contribution in [-0.4, -0.2) is 17.4 Å². The van der Waals surface area contributed by atoms with Crippen LogP contribution in [0, 0.1) is 5.92 Å². The summed E-state index contributed by atoms with van der Waals surface area (Å²) >= 11 is 0. The first-order valence-electron chi connectivity index (χ1n) is 5.53. The standard InChI is InChI=1S/C13H14N2O2/c1-9(16)8-12-10(2)14-15(13(12)17)11-6-4-3-5-7-11/h3-7,12H,8H2,1-2H3/t12-/m0/s1. The van der Waals surface area contributed by atoms with Gasteiger partial charge in [-0.05, 0) is 26.0 Å². The predicted octanol–water partition coefficient (Wildman–Crippen LogP) is 2.00. The summed E-state index contributed by atoms with van der Waals surface area (Å²) in [6, 6.07) is 9.24. The molecule has 1 heterocycles. The summed E-state index contributed by atoms with van der Waals surface area (Å²) in [7, 11) is 0. The predicted molar refractivity (Wildman–Crippen MR) is 65.8 cm³/mol. The number of carbonyl (C=O) groups is 2. The summed E-state index contributed by atoms with van der Waals surface area (Å²) in [5.74, 6) is -0.510. The zero-order valence-corrected chi connectivity index (χ0v) is 9.88. The van der Waals surface area contributed by atoms with Gasteiger partial charge in [0, 0.05) is 12.1 Å². The van der Waals surface area contributed by atoms with Gasteiger partial charge in [0.2, 0.25) is 0 Å². The monoisotopic (exact) mass is 230 g/mol. The highest BCUT2D eigenvalue weighted by Gasteiger charge is 2.34. The number of rotatable bonds is 3. The molecule has 1 aromatic carbocycles. The molecule has 0 fully saturated rings. The summed E-state index contributed by atoms with van der Waals surface area (Å²) < 4.78 is 0. The number of hydrazone groups is 1. The van der Waals surface area contributed by atoms with Crippen LogP contribution in [0.5, 0.6) is 0 Å². The maximum Gasteiger partial charge on any atom is 0.256 e. The molecule has 1 aliphatic rings. The second kappa shape index (κ2) is 4.49. The smallest absolute Gasteiger partial charge is 0.256 e. The van der Waals surface area contributed by atoms with Gasteiger partial charge >= 0.3 is 0 Å². The molecule has 4 nitrogen and oxygen atoms in total. The molecule has 0 saturated heterocycles. The quantitative estimate of drug-likeness (QED) is 0.797. The molecule has 0 aliphatic carbocycles. The van der Waals surface area contributed by atoms with Crippen molar-refractivity contribution in [3.8, 4) is 0 Å². The van der Waals surface area contributed by atoms with Gasteiger partial charge in [0.25, 0.3) is 5.91 Å². The molecule has 1 amide bonds. The third-order valence-corrected chi connectivity index (χ3v) is 2.76. The molecule has 0 aromatic heterocycles. The number of Topliss-reactive ketones (excluding diaryl/α,β-unsaturated/α-hetero) is 1. The highest BCUT2D eigenvalue weighted by Crippen LogP contribution is 2.25. The number of anilines is 1. The highest BCUT2D eigenvalue weighted by atomic mass is 16.2. The summed E-state index contributed by atoms with van der Waals surface area (Å²) in [6.07, 6.45) is 0.234. The van der Waals surface area contributed by atoms with Crippen molar-refractivity contribution >= 4 is 23.1 Å². The van der Waals surface area contributed by atoms with E-state index < -0.39 is 5.92 Å². The maximum absolute atomic E-state index is 12.1. The SMILES string of the molecule is CC(=O)C[C@@H]1C(=O)N(c2ccccc2)N=C1C. The third kappa shape index (κ3) is 2.25. The number of amides is 1. The van der Waals surface area contributed by atoms with E-state index in [1.165, 1.54) is 11.9 Å². The number of carbonyl (C=O) groups excluding carboxylic acids is 2. The van der Waals surface area contributed by atoms with Crippen LogP contribution >= 0.6 is 0 Å². The molecular formula is C13H14N2O2. The molecule has 1 aliphatic heterocycles.